The molecule has 3 heterocycles. The van der Waals surface area contributed by atoms with Gasteiger partial charge in [-0.1, -0.05) is 35.5 Å². The molecule has 0 saturated carbocycles. The molecule has 1 atom stereocenters. The summed E-state index contributed by atoms with van der Waals surface area (Å²) in [6.45, 7) is 5.44. The van der Waals surface area contributed by atoms with E-state index in [0.29, 0.717) is 5.82 Å². The van der Waals surface area contributed by atoms with Crippen LogP contribution in [0.15, 0.2) is 34.9 Å². The van der Waals surface area contributed by atoms with Crippen molar-refractivity contribution in [2.24, 2.45) is 0 Å². The molecule has 4 rings (SSSR count). The molecule has 110 valence electrons. The van der Waals surface area contributed by atoms with E-state index in [4.69, 9.17) is 4.52 Å². The molecule has 0 N–H and O–H groups in total. The number of fused-ring (bicyclic) bond motifs is 1. The normalized spacial score (nSPS) is 23.3. The maximum Gasteiger partial charge on any atom is 0.241 e. The lowest BCUT2D eigenvalue weighted by molar-refractivity contribution is 0.0908. The lowest BCUT2D eigenvalue weighted by atomic mass is 10.1. The average Bonchev–Trinajstić information content (AvgIpc) is 3.17. The minimum absolute atomic E-state index is 0.685. The van der Waals surface area contributed by atoms with Gasteiger partial charge < -0.3 is 4.52 Å². The number of aromatic nitrogens is 2. The Bertz CT molecular complexity index is 597. The third-order valence-electron chi connectivity index (χ3n) is 4.53. The summed E-state index contributed by atoms with van der Waals surface area (Å²) in [5.74, 6) is 1.41. The van der Waals surface area contributed by atoms with Gasteiger partial charge in [-0.25, -0.2) is 0 Å². The fraction of sp³-hybridized carbons (Fsp3) is 0.500. The summed E-state index contributed by atoms with van der Waals surface area (Å²) in [5.41, 5.74) is 1.01. The van der Waals surface area contributed by atoms with Gasteiger partial charge in [-0.05, 0) is 19.4 Å². The smallest absolute Gasteiger partial charge is 0.241 e. The van der Waals surface area contributed by atoms with E-state index in [1.54, 1.807) is 0 Å². The van der Waals surface area contributed by atoms with E-state index in [0.717, 1.165) is 37.1 Å². The molecule has 1 aromatic carbocycles. The zero-order valence-electron chi connectivity index (χ0n) is 12.1. The zero-order chi connectivity index (χ0) is 14.1. The standard InChI is InChI=1S/C16H20N4O/c1-2-5-13(6-3-1)16-17-15(21-18-16)12-19-9-10-20-8-4-7-14(20)11-19/h1-3,5-6,14H,4,7-12H2/t14-/m0/s1. The van der Waals surface area contributed by atoms with E-state index in [1.807, 2.05) is 30.3 Å². The van der Waals surface area contributed by atoms with Crippen LogP contribution in [0.3, 0.4) is 0 Å². The van der Waals surface area contributed by atoms with Crippen LogP contribution in [0, 0.1) is 0 Å². The third-order valence-corrected chi connectivity index (χ3v) is 4.53. The maximum absolute atomic E-state index is 5.42. The van der Waals surface area contributed by atoms with Crippen LogP contribution in [-0.2, 0) is 6.54 Å². The van der Waals surface area contributed by atoms with Gasteiger partial charge >= 0.3 is 0 Å². The van der Waals surface area contributed by atoms with Crippen LogP contribution in [0.25, 0.3) is 11.4 Å². The predicted molar refractivity (Wildman–Crippen MR) is 79.6 cm³/mol. The van der Waals surface area contributed by atoms with E-state index in [2.05, 4.69) is 19.9 Å². The Morgan fingerprint density at radius 3 is 2.95 bits per heavy atom. The highest BCUT2D eigenvalue weighted by molar-refractivity contribution is 5.53. The molecule has 0 unspecified atom stereocenters. The van der Waals surface area contributed by atoms with Crippen LogP contribution in [0.4, 0.5) is 0 Å². The van der Waals surface area contributed by atoms with Crippen LogP contribution in [0.2, 0.25) is 0 Å². The monoisotopic (exact) mass is 284 g/mol. The number of hydrogen-bond donors (Lipinski definition) is 0. The minimum atomic E-state index is 0.685. The molecule has 0 aliphatic carbocycles. The second-order valence-electron chi connectivity index (χ2n) is 5.94. The van der Waals surface area contributed by atoms with Crippen LogP contribution < -0.4 is 0 Å². The van der Waals surface area contributed by atoms with Crippen molar-refractivity contribution in [3.8, 4) is 11.4 Å². The summed E-state index contributed by atoms with van der Waals surface area (Å²) < 4.78 is 5.42. The molecule has 2 aromatic rings. The first-order valence-electron chi connectivity index (χ1n) is 7.73. The van der Waals surface area contributed by atoms with Gasteiger partial charge in [0.2, 0.25) is 11.7 Å². The van der Waals surface area contributed by atoms with E-state index in [-0.39, 0.29) is 0 Å². The summed E-state index contributed by atoms with van der Waals surface area (Å²) in [6, 6.07) is 10.7. The zero-order valence-corrected chi connectivity index (χ0v) is 12.1. The maximum atomic E-state index is 5.42. The Morgan fingerprint density at radius 1 is 1.14 bits per heavy atom. The number of rotatable bonds is 3. The van der Waals surface area contributed by atoms with Gasteiger partial charge in [-0.15, -0.1) is 0 Å². The molecule has 0 radical (unpaired) electrons. The highest BCUT2D eigenvalue weighted by Crippen LogP contribution is 2.22. The number of piperazine rings is 1. The van der Waals surface area contributed by atoms with Gasteiger partial charge in [-0.3, -0.25) is 9.80 Å². The molecule has 0 spiro atoms. The summed E-state index contributed by atoms with van der Waals surface area (Å²) >= 11 is 0. The highest BCUT2D eigenvalue weighted by atomic mass is 16.5. The first-order chi connectivity index (χ1) is 10.4. The van der Waals surface area contributed by atoms with Gasteiger partial charge in [0.1, 0.15) is 0 Å². The van der Waals surface area contributed by atoms with Crippen molar-refractivity contribution in [1.29, 1.82) is 0 Å². The topological polar surface area (TPSA) is 45.4 Å². The molecule has 0 bridgehead atoms. The second kappa shape index (κ2) is 5.58. The van der Waals surface area contributed by atoms with E-state index >= 15 is 0 Å². The molecule has 21 heavy (non-hydrogen) atoms. The number of benzene rings is 1. The molecular formula is C16H20N4O. The lowest BCUT2D eigenvalue weighted by Gasteiger charge is -2.36. The predicted octanol–water partition coefficient (Wildman–Crippen LogP) is 2.02. The van der Waals surface area contributed by atoms with Gasteiger partial charge in [0, 0.05) is 31.2 Å². The molecule has 2 aliphatic rings. The van der Waals surface area contributed by atoms with Crippen LogP contribution >= 0.6 is 0 Å². The van der Waals surface area contributed by atoms with Gasteiger partial charge in [0.05, 0.1) is 6.54 Å². The van der Waals surface area contributed by atoms with E-state index in [1.165, 1.54) is 25.9 Å². The minimum Gasteiger partial charge on any atom is -0.338 e. The van der Waals surface area contributed by atoms with Crippen molar-refractivity contribution >= 4 is 0 Å². The molecule has 2 fully saturated rings. The van der Waals surface area contributed by atoms with Crippen molar-refractivity contribution < 1.29 is 4.52 Å². The van der Waals surface area contributed by atoms with Crippen LogP contribution in [0.1, 0.15) is 18.7 Å². The fourth-order valence-electron chi connectivity index (χ4n) is 3.41. The van der Waals surface area contributed by atoms with Crippen molar-refractivity contribution in [1.82, 2.24) is 19.9 Å². The first kappa shape index (κ1) is 13.0. The Balaban J connectivity index is 1.42. The van der Waals surface area contributed by atoms with Crippen molar-refractivity contribution in [2.45, 2.75) is 25.4 Å². The summed E-state index contributed by atoms with van der Waals surface area (Å²) in [4.78, 5) is 9.58. The van der Waals surface area contributed by atoms with Gasteiger partial charge in [0.25, 0.3) is 0 Å². The fourth-order valence-corrected chi connectivity index (χ4v) is 3.41. The summed E-state index contributed by atoms with van der Waals surface area (Å²) in [7, 11) is 0. The molecule has 1 aromatic heterocycles. The number of nitrogens with zero attached hydrogens (tertiary/aromatic N) is 4. The van der Waals surface area contributed by atoms with E-state index in [9.17, 15) is 0 Å². The SMILES string of the molecule is c1ccc(-c2noc(CN3CCN4CCC[C@H]4C3)n2)cc1. The Morgan fingerprint density at radius 2 is 2.05 bits per heavy atom. The Kier molecular flexibility index (Phi) is 3.45. The van der Waals surface area contributed by atoms with Crippen LogP contribution in [0.5, 0.6) is 0 Å². The molecule has 5 nitrogen and oxygen atoms in total. The molecular weight excluding hydrogens is 264 g/mol. The average molecular weight is 284 g/mol. The quantitative estimate of drug-likeness (QED) is 0.863. The Hall–Kier alpha value is -1.72. The Labute approximate surface area is 124 Å². The van der Waals surface area contributed by atoms with E-state index < -0.39 is 0 Å². The summed E-state index contributed by atoms with van der Waals surface area (Å²) in [6.07, 6.45) is 2.67. The van der Waals surface area contributed by atoms with Crippen molar-refractivity contribution in [2.75, 3.05) is 26.2 Å². The molecule has 0 amide bonds. The molecule has 2 aliphatic heterocycles. The van der Waals surface area contributed by atoms with Crippen molar-refractivity contribution in [3.63, 3.8) is 0 Å². The largest absolute Gasteiger partial charge is 0.338 e. The van der Waals surface area contributed by atoms with Gasteiger partial charge in [0.15, 0.2) is 0 Å². The second-order valence-corrected chi connectivity index (χ2v) is 5.94. The first-order valence-corrected chi connectivity index (χ1v) is 7.73. The lowest BCUT2D eigenvalue weighted by Crippen LogP contribution is -2.49. The molecule has 2 saturated heterocycles. The highest BCUT2D eigenvalue weighted by Gasteiger charge is 2.31. The molecule has 5 heteroatoms. The summed E-state index contributed by atoms with van der Waals surface area (Å²) in [5, 5.41) is 4.10. The van der Waals surface area contributed by atoms with Gasteiger partial charge in [-0.2, -0.15) is 4.98 Å². The number of hydrogen-bond acceptors (Lipinski definition) is 5. The van der Waals surface area contributed by atoms with Crippen LogP contribution in [-0.4, -0.2) is 52.2 Å². The third kappa shape index (κ3) is 2.71. The van der Waals surface area contributed by atoms with Crippen molar-refractivity contribution in [3.05, 3.63) is 36.2 Å².